The molecule has 0 saturated heterocycles. The number of unbranched alkanes of at least 4 members (excludes halogenated alkanes) is 1. The molecule has 0 aliphatic carbocycles. The first kappa shape index (κ1) is 20.5. The van der Waals surface area contributed by atoms with Gasteiger partial charge >= 0.3 is 5.97 Å². The first-order valence-corrected chi connectivity index (χ1v) is 10.7. The van der Waals surface area contributed by atoms with Gasteiger partial charge in [-0.25, -0.2) is 0 Å². The molecule has 0 saturated carbocycles. The lowest BCUT2D eigenvalue weighted by Gasteiger charge is -2.04. The number of carbonyl (C=O) groups is 2. The van der Waals surface area contributed by atoms with Gasteiger partial charge in [0.1, 0.15) is 0 Å². The standard InChI is InChI=1S/C20H25NO3S2/c1-3-5-14-25-24-19(22)12-13-21-20(23)18-11-10-17(26-18)16-8-6-15(4-2)7-9-16/h6-11H,3-5,12-14H2,1-2H3,(H,21,23). The van der Waals surface area contributed by atoms with Gasteiger partial charge in [0.05, 0.1) is 23.3 Å². The van der Waals surface area contributed by atoms with Crippen molar-refractivity contribution in [1.82, 2.24) is 5.32 Å². The molecule has 1 amide bonds. The summed E-state index contributed by atoms with van der Waals surface area (Å²) in [5.74, 6) is 0.360. The van der Waals surface area contributed by atoms with Crippen LogP contribution in [0.5, 0.6) is 0 Å². The minimum atomic E-state index is -0.297. The average Bonchev–Trinajstić information content (AvgIpc) is 3.15. The van der Waals surface area contributed by atoms with Crippen LogP contribution in [0.2, 0.25) is 0 Å². The molecular weight excluding hydrogens is 366 g/mol. The fraction of sp³-hybridized carbons (Fsp3) is 0.400. The summed E-state index contributed by atoms with van der Waals surface area (Å²) in [6.45, 7) is 4.50. The molecule has 1 heterocycles. The molecule has 0 atom stereocenters. The fourth-order valence-electron chi connectivity index (χ4n) is 2.24. The number of hydrogen-bond donors (Lipinski definition) is 1. The largest absolute Gasteiger partial charge is 0.391 e. The Balaban J connectivity index is 1.77. The molecule has 1 aromatic carbocycles. The third-order valence-corrected chi connectivity index (χ3v) is 5.72. The second kappa shape index (κ2) is 11.0. The molecule has 0 bridgehead atoms. The number of benzene rings is 1. The van der Waals surface area contributed by atoms with Crippen molar-refractivity contribution in [3.8, 4) is 10.4 Å². The first-order chi connectivity index (χ1) is 12.6. The number of rotatable bonds is 10. The van der Waals surface area contributed by atoms with E-state index in [1.165, 1.54) is 28.9 Å². The van der Waals surface area contributed by atoms with Crippen LogP contribution in [0.15, 0.2) is 36.4 Å². The zero-order valence-corrected chi connectivity index (χ0v) is 16.9. The third kappa shape index (κ3) is 6.50. The van der Waals surface area contributed by atoms with E-state index in [0.717, 1.165) is 35.5 Å². The molecule has 0 unspecified atom stereocenters. The van der Waals surface area contributed by atoms with Crippen LogP contribution in [0.25, 0.3) is 10.4 Å². The molecule has 0 radical (unpaired) electrons. The van der Waals surface area contributed by atoms with Crippen LogP contribution >= 0.6 is 23.4 Å². The summed E-state index contributed by atoms with van der Waals surface area (Å²) < 4.78 is 5.04. The highest BCUT2D eigenvalue weighted by atomic mass is 32.2. The molecular formula is C20H25NO3S2. The van der Waals surface area contributed by atoms with Gasteiger partial charge in [-0.05, 0) is 36.1 Å². The topological polar surface area (TPSA) is 55.4 Å². The highest BCUT2D eigenvalue weighted by molar-refractivity contribution is 7.95. The van der Waals surface area contributed by atoms with E-state index in [9.17, 15) is 9.59 Å². The zero-order chi connectivity index (χ0) is 18.8. The zero-order valence-electron chi connectivity index (χ0n) is 15.2. The van der Waals surface area contributed by atoms with Gasteiger partial charge < -0.3 is 9.50 Å². The maximum absolute atomic E-state index is 12.2. The maximum atomic E-state index is 12.2. The molecule has 0 fully saturated rings. The molecule has 1 N–H and O–H groups in total. The Morgan fingerprint density at radius 1 is 1.12 bits per heavy atom. The van der Waals surface area contributed by atoms with Crippen molar-refractivity contribution in [3.63, 3.8) is 0 Å². The minimum absolute atomic E-state index is 0.155. The Morgan fingerprint density at radius 3 is 2.58 bits per heavy atom. The number of aryl methyl sites for hydroxylation is 1. The summed E-state index contributed by atoms with van der Waals surface area (Å²) in [5, 5.41) is 2.78. The normalized spacial score (nSPS) is 10.5. The molecule has 0 aliphatic rings. The predicted octanol–water partition coefficient (Wildman–Crippen LogP) is 5.09. The first-order valence-electron chi connectivity index (χ1n) is 8.93. The molecule has 2 rings (SSSR count). The van der Waals surface area contributed by atoms with E-state index in [1.54, 1.807) is 0 Å². The third-order valence-electron chi connectivity index (χ3n) is 3.82. The molecule has 0 spiro atoms. The highest BCUT2D eigenvalue weighted by Crippen LogP contribution is 2.28. The monoisotopic (exact) mass is 391 g/mol. The second-order valence-corrected chi connectivity index (χ2v) is 7.75. The lowest BCUT2D eigenvalue weighted by atomic mass is 10.1. The van der Waals surface area contributed by atoms with E-state index < -0.39 is 0 Å². The summed E-state index contributed by atoms with van der Waals surface area (Å²) in [6.07, 6.45) is 3.29. The van der Waals surface area contributed by atoms with E-state index in [-0.39, 0.29) is 24.8 Å². The molecule has 2 aromatic rings. The molecule has 140 valence electrons. The molecule has 6 heteroatoms. The van der Waals surface area contributed by atoms with Crippen molar-refractivity contribution in [1.29, 1.82) is 0 Å². The summed E-state index contributed by atoms with van der Waals surface area (Å²) >= 11 is 2.64. The van der Waals surface area contributed by atoms with Crippen molar-refractivity contribution in [3.05, 3.63) is 46.8 Å². The minimum Gasteiger partial charge on any atom is -0.391 e. The van der Waals surface area contributed by atoms with Crippen molar-refractivity contribution in [2.45, 2.75) is 39.5 Å². The Labute approximate surface area is 163 Å². The lowest BCUT2D eigenvalue weighted by molar-refractivity contribution is -0.132. The van der Waals surface area contributed by atoms with Crippen molar-refractivity contribution in [2.75, 3.05) is 12.3 Å². The van der Waals surface area contributed by atoms with Crippen LogP contribution in [0.1, 0.15) is 48.3 Å². The Bertz CT molecular complexity index is 710. The quantitative estimate of drug-likeness (QED) is 0.453. The average molecular weight is 392 g/mol. The van der Waals surface area contributed by atoms with Crippen LogP contribution in [0.3, 0.4) is 0 Å². The van der Waals surface area contributed by atoms with Crippen LogP contribution in [-0.2, 0) is 15.4 Å². The number of nitrogens with one attached hydrogen (secondary N) is 1. The smallest absolute Gasteiger partial charge is 0.319 e. The summed E-state index contributed by atoms with van der Waals surface area (Å²) in [5.41, 5.74) is 2.40. The van der Waals surface area contributed by atoms with Crippen molar-refractivity contribution < 1.29 is 13.8 Å². The van der Waals surface area contributed by atoms with E-state index in [4.69, 9.17) is 4.18 Å². The van der Waals surface area contributed by atoms with Gasteiger partial charge in [0.2, 0.25) is 0 Å². The van der Waals surface area contributed by atoms with Crippen LogP contribution in [0, 0.1) is 0 Å². The highest BCUT2D eigenvalue weighted by Gasteiger charge is 2.11. The van der Waals surface area contributed by atoms with E-state index >= 15 is 0 Å². The maximum Gasteiger partial charge on any atom is 0.319 e. The second-order valence-electron chi connectivity index (χ2n) is 5.85. The molecule has 4 nitrogen and oxygen atoms in total. The van der Waals surface area contributed by atoms with Gasteiger partial charge in [-0.2, -0.15) is 0 Å². The lowest BCUT2D eigenvalue weighted by Crippen LogP contribution is -2.25. The Kier molecular flexibility index (Phi) is 8.71. The van der Waals surface area contributed by atoms with Gasteiger partial charge in [0.25, 0.3) is 5.91 Å². The van der Waals surface area contributed by atoms with E-state index in [0.29, 0.717) is 4.88 Å². The van der Waals surface area contributed by atoms with Crippen molar-refractivity contribution >= 4 is 35.3 Å². The number of carbonyl (C=O) groups excluding carboxylic acids is 2. The fourth-order valence-corrected chi connectivity index (χ4v) is 3.87. The Hall–Kier alpha value is -1.79. The summed E-state index contributed by atoms with van der Waals surface area (Å²) in [6, 6.07) is 12.2. The van der Waals surface area contributed by atoms with Gasteiger partial charge in [-0.15, -0.1) is 11.3 Å². The SMILES string of the molecule is CCCCSOC(=O)CCNC(=O)c1ccc(-c2ccc(CC)cc2)s1. The number of amides is 1. The Morgan fingerprint density at radius 2 is 1.88 bits per heavy atom. The van der Waals surface area contributed by atoms with Gasteiger partial charge in [-0.1, -0.05) is 44.5 Å². The van der Waals surface area contributed by atoms with Gasteiger partial charge in [0, 0.05) is 17.2 Å². The van der Waals surface area contributed by atoms with Crippen molar-refractivity contribution in [2.24, 2.45) is 0 Å². The van der Waals surface area contributed by atoms with E-state index in [2.05, 4.69) is 43.4 Å². The van der Waals surface area contributed by atoms with E-state index in [1.807, 2.05) is 12.1 Å². The van der Waals surface area contributed by atoms with Crippen LogP contribution in [-0.4, -0.2) is 24.2 Å². The van der Waals surface area contributed by atoms with Crippen LogP contribution < -0.4 is 5.32 Å². The number of hydrogen-bond acceptors (Lipinski definition) is 5. The summed E-state index contributed by atoms with van der Waals surface area (Å²) in [7, 11) is 0. The van der Waals surface area contributed by atoms with Gasteiger partial charge in [0.15, 0.2) is 0 Å². The van der Waals surface area contributed by atoms with Crippen LogP contribution in [0.4, 0.5) is 0 Å². The van der Waals surface area contributed by atoms with Gasteiger partial charge in [-0.3, -0.25) is 9.59 Å². The summed E-state index contributed by atoms with van der Waals surface area (Å²) in [4.78, 5) is 25.5. The molecule has 1 aromatic heterocycles. The molecule has 0 aliphatic heterocycles. The number of thiophene rings is 1. The molecule has 26 heavy (non-hydrogen) atoms. The predicted molar refractivity (Wildman–Crippen MR) is 110 cm³/mol.